The molecule has 1 heterocycles. The second-order valence-electron chi connectivity index (χ2n) is 4.54. The molecule has 80 valence electrons. The molecule has 0 spiro atoms. The second-order valence-corrected chi connectivity index (χ2v) is 4.54. The predicted octanol–water partition coefficient (Wildman–Crippen LogP) is 1.33. The highest BCUT2D eigenvalue weighted by Crippen LogP contribution is 2.09. The molecule has 0 bridgehead atoms. The van der Waals surface area contributed by atoms with Crippen molar-refractivity contribution >= 4 is 0 Å². The number of rotatable bonds is 4. The summed E-state index contributed by atoms with van der Waals surface area (Å²) >= 11 is 0. The lowest BCUT2D eigenvalue weighted by molar-refractivity contribution is 0.190. The Balaban J connectivity index is 2.25. The van der Waals surface area contributed by atoms with Gasteiger partial charge in [-0.05, 0) is 12.3 Å². The Morgan fingerprint density at radius 2 is 2.36 bits per heavy atom. The van der Waals surface area contributed by atoms with Gasteiger partial charge in [0.2, 0.25) is 0 Å². The standard InChI is InChI=1S/C12H22N2/c1-4-5-7-14-8-6-13-12(10-14)9-11(2)3/h1,11-13H,5-10H2,2-3H3. The molecule has 0 aromatic heterocycles. The van der Waals surface area contributed by atoms with Crippen molar-refractivity contribution in [2.24, 2.45) is 5.92 Å². The highest BCUT2D eigenvalue weighted by molar-refractivity contribution is 4.87. The van der Waals surface area contributed by atoms with Crippen LogP contribution in [0.25, 0.3) is 0 Å². The third-order valence-corrected chi connectivity index (χ3v) is 2.67. The first-order valence-electron chi connectivity index (χ1n) is 5.61. The van der Waals surface area contributed by atoms with Crippen LogP contribution in [0.5, 0.6) is 0 Å². The van der Waals surface area contributed by atoms with E-state index in [1.807, 2.05) is 0 Å². The van der Waals surface area contributed by atoms with Crippen molar-refractivity contribution in [3.8, 4) is 12.3 Å². The number of nitrogens with one attached hydrogen (secondary N) is 1. The monoisotopic (exact) mass is 194 g/mol. The van der Waals surface area contributed by atoms with Crippen LogP contribution in [0.3, 0.4) is 0 Å². The molecule has 1 unspecified atom stereocenters. The number of hydrogen-bond donors (Lipinski definition) is 1. The fourth-order valence-corrected chi connectivity index (χ4v) is 2.05. The van der Waals surface area contributed by atoms with Crippen molar-refractivity contribution in [3.05, 3.63) is 0 Å². The van der Waals surface area contributed by atoms with Crippen molar-refractivity contribution in [1.82, 2.24) is 10.2 Å². The van der Waals surface area contributed by atoms with E-state index in [1.165, 1.54) is 13.0 Å². The number of nitrogens with zero attached hydrogens (tertiary/aromatic N) is 1. The number of piperazine rings is 1. The highest BCUT2D eigenvalue weighted by atomic mass is 15.2. The van der Waals surface area contributed by atoms with Gasteiger partial charge in [0, 0.05) is 38.6 Å². The zero-order valence-electron chi connectivity index (χ0n) is 9.42. The van der Waals surface area contributed by atoms with Gasteiger partial charge >= 0.3 is 0 Å². The molecule has 2 nitrogen and oxygen atoms in total. The van der Waals surface area contributed by atoms with Crippen LogP contribution in [-0.2, 0) is 0 Å². The molecule has 0 amide bonds. The van der Waals surface area contributed by atoms with Gasteiger partial charge in [0.15, 0.2) is 0 Å². The zero-order valence-corrected chi connectivity index (χ0v) is 9.42. The molecule has 1 N–H and O–H groups in total. The third-order valence-electron chi connectivity index (χ3n) is 2.67. The average molecular weight is 194 g/mol. The summed E-state index contributed by atoms with van der Waals surface area (Å²) in [6, 6.07) is 0.668. The minimum atomic E-state index is 0.668. The molecule has 1 rings (SSSR count). The Morgan fingerprint density at radius 3 is 3.00 bits per heavy atom. The quantitative estimate of drug-likeness (QED) is 0.679. The second kappa shape index (κ2) is 6.06. The number of terminal acetylenes is 1. The maximum absolute atomic E-state index is 5.27. The molecule has 0 aromatic rings. The van der Waals surface area contributed by atoms with E-state index >= 15 is 0 Å². The van der Waals surface area contributed by atoms with Gasteiger partial charge in [-0.1, -0.05) is 13.8 Å². The van der Waals surface area contributed by atoms with Crippen molar-refractivity contribution in [2.45, 2.75) is 32.7 Å². The molecular weight excluding hydrogens is 172 g/mol. The van der Waals surface area contributed by atoms with Crippen LogP contribution in [0.1, 0.15) is 26.7 Å². The van der Waals surface area contributed by atoms with Crippen LogP contribution in [-0.4, -0.2) is 37.1 Å². The maximum Gasteiger partial charge on any atom is 0.0214 e. The lowest BCUT2D eigenvalue weighted by Crippen LogP contribution is -2.51. The molecule has 1 fully saturated rings. The van der Waals surface area contributed by atoms with Crippen LogP contribution in [0.2, 0.25) is 0 Å². The van der Waals surface area contributed by atoms with E-state index in [4.69, 9.17) is 6.42 Å². The van der Waals surface area contributed by atoms with Gasteiger partial charge in [0.25, 0.3) is 0 Å². The Bertz CT molecular complexity index is 193. The van der Waals surface area contributed by atoms with E-state index in [2.05, 4.69) is 30.0 Å². The Morgan fingerprint density at radius 1 is 1.57 bits per heavy atom. The first-order chi connectivity index (χ1) is 6.72. The van der Waals surface area contributed by atoms with Gasteiger partial charge in [-0.3, -0.25) is 4.90 Å². The van der Waals surface area contributed by atoms with Crippen molar-refractivity contribution in [1.29, 1.82) is 0 Å². The van der Waals surface area contributed by atoms with E-state index in [0.717, 1.165) is 32.0 Å². The normalized spacial score (nSPS) is 23.7. The summed E-state index contributed by atoms with van der Waals surface area (Å²) in [5.74, 6) is 3.49. The van der Waals surface area contributed by atoms with Gasteiger partial charge in [0.1, 0.15) is 0 Å². The molecule has 0 radical (unpaired) electrons. The van der Waals surface area contributed by atoms with Crippen molar-refractivity contribution in [2.75, 3.05) is 26.2 Å². The van der Waals surface area contributed by atoms with Crippen LogP contribution in [0.4, 0.5) is 0 Å². The number of hydrogen-bond acceptors (Lipinski definition) is 2. The largest absolute Gasteiger partial charge is 0.311 e. The summed E-state index contributed by atoms with van der Waals surface area (Å²) in [7, 11) is 0. The lowest BCUT2D eigenvalue weighted by atomic mass is 10.0. The van der Waals surface area contributed by atoms with Gasteiger partial charge in [0.05, 0.1) is 0 Å². The van der Waals surface area contributed by atoms with E-state index in [1.54, 1.807) is 0 Å². The first-order valence-corrected chi connectivity index (χ1v) is 5.61. The summed E-state index contributed by atoms with van der Waals surface area (Å²) in [5, 5.41) is 3.56. The topological polar surface area (TPSA) is 15.3 Å². The summed E-state index contributed by atoms with van der Waals surface area (Å²) in [6.45, 7) is 9.05. The average Bonchev–Trinajstić information content (AvgIpc) is 2.14. The molecule has 1 saturated heterocycles. The molecule has 0 aromatic carbocycles. The summed E-state index contributed by atoms with van der Waals surface area (Å²) < 4.78 is 0. The van der Waals surface area contributed by atoms with Crippen LogP contribution >= 0.6 is 0 Å². The van der Waals surface area contributed by atoms with Gasteiger partial charge in [-0.25, -0.2) is 0 Å². The fourth-order valence-electron chi connectivity index (χ4n) is 2.05. The van der Waals surface area contributed by atoms with Gasteiger partial charge in [-0.2, -0.15) is 0 Å². The minimum Gasteiger partial charge on any atom is -0.311 e. The molecule has 2 heteroatoms. The van der Waals surface area contributed by atoms with Crippen LogP contribution in [0.15, 0.2) is 0 Å². The molecule has 14 heavy (non-hydrogen) atoms. The Kier molecular flexibility index (Phi) is 5.00. The fraction of sp³-hybridized carbons (Fsp3) is 0.833. The predicted molar refractivity (Wildman–Crippen MR) is 61.1 cm³/mol. The molecule has 0 aliphatic carbocycles. The van der Waals surface area contributed by atoms with Crippen LogP contribution < -0.4 is 5.32 Å². The SMILES string of the molecule is C#CCCN1CCNC(CC(C)C)C1. The molecule has 1 aliphatic heterocycles. The third kappa shape index (κ3) is 4.13. The highest BCUT2D eigenvalue weighted by Gasteiger charge is 2.18. The Labute approximate surface area is 88.1 Å². The lowest BCUT2D eigenvalue weighted by Gasteiger charge is -2.34. The van der Waals surface area contributed by atoms with E-state index < -0.39 is 0 Å². The molecule has 1 aliphatic rings. The van der Waals surface area contributed by atoms with Crippen molar-refractivity contribution < 1.29 is 0 Å². The van der Waals surface area contributed by atoms with E-state index in [0.29, 0.717) is 6.04 Å². The minimum absolute atomic E-state index is 0.668. The summed E-state index contributed by atoms with van der Waals surface area (Å²) in [4.78, 5) is 2.48. The molecular formula is C12H22N2. The smallest absolute Gasteiger partial charge is 0.0214 e. The summed E-state index contributed by atoms with van der Waals surface area (Å²) in [5.41, 5.74) is 0. The van der Waals surface area contributed by atoms with Crippen molar-refractivity contribution in [3.63, 3.8) is 0 Å². The van der Waals surface area contributed by atoms with E-state index in [-0.39, 0.29) is 0 Å². The van der Waals surface area contributed by atoms with Gasteiger partial charge in [-0.15, -0.1) is 12.3 Å². The van der Waals surface area contributed by atoms with E-state index in [9.17, 15) is 0 Å². The van der Waals surface area contributed by atoms with Crippen LogP contribution in [0, 0.1) is 18.3 Å². The summed E-state index contributed by atoms with van der Waals surface area (Å²) in [6.07, 6.45) is 7.42. The maximum atomic E-state index is 5.27. The van der Waals surface area contributed by atoms with Gasteiger partial charge < -0.3 is 5.32 Å². The molecule has 1 atom stereocenters. The Hall–Kier alpha value is -0.520. The first kappa shape index (κ1) is 11.6. The molecule has 0 saturated carbocycles. The zero-order chi connectivity index (χ0) is 10.4.